The summed E-state index contributed by atoms with van der Waals surface area (Å²) in [6.45, 7) is 9.53. The van der Waals surface area contributed by atoms with E-state index in [1.54, 1.807) is 0 Å². The fourth-order valence-corrected chi connectivity index (χ4v) is 2.31. The third kappa shape index (κ3) is 3.51. The van der Waals surface area contributed by atoms with Crippen molar-refractivity contribution < 1.29 is 5.11 Å². The van der Waals surface area contributed by atoms with Crippen molar-refractivity contribution in [3.63, 3.8) is 0 Å². The van der Waals surface area contributed by atoms with E-state index in [-0.39, 0.29) is 11.5 Å². The van der Waals surface area contributed by atoms with E-state index in [0.717, 1.165) is 18.5 Å². The van der Waals surface area contributed by atoms with Crippen LogP contribution in [0.5, 0.6) is 0 Å². The first-order chi connectivity index (χ1) is 9.40. The molecule has 0 saturated heterocycles. The lowest BCUT2D eigenvalue weighted by molar-refractivity contribution is 0.173. The molecule has 1 atom stereocenters. The molecule has 1 unspecified atom stereocenters. The van der Waals surface area contributed by atoms with E-state index in [0.29, 0.717) is 0 Å². The fraction of sp³-hybridized carbons (Fsp3) is 0.444. The summed E-state index contributed by atoms with van der Waals surface area (Å²) in [5.74, 6) is 0. The molecule has 0 spiro atoms. The molecule has 0 saturated carbocycles. The molecule has 0 aliphatic heterocycles. The third-order valence-corrected chi connectivity index (χ3v) is 3.73. The minimum Gasteiger partial charge on any atom is -0.388 e. The second-order valence-electron chi connectivity index (χ2n) is 6.49. The van der Waals surface area contributed by atoms with Crippen molar-refractivity contribution in [2.45, 2.75) is 52.2 Å². The van der Waals surface area contributed by atoms with Gasteiger partial charge in [-0.05, 0) is 34.6 Å². The van der Waals surface area contributed by atoms with Gasteiger partial charge >= 0.3 is 0 Å². The Morgan fingerprint density at radius 1 is 1.10 bits per heavy atom. The van der Waals surface area contributed by atoms with Crippen LogP contribution >= 0.6 is 0 Å². The highest BCUT2D eigenvalue weighted by molar-refractivity contribution is 5.28. The number of benzene rings is 1. The summed E-state index contributed by atoms with van der Waals surface area (Å²) in [5.41, 5.74) is 3.84. The molecule has 0 aliphatic rings. The second-order valence-corrected chi connectivity index (χ2v) is 6.49. The third-order valence-electron chi connectivity index (χ3n) is 3.73. The highest BCUT2D eigenvalue weighted by Crippen LogP contribution is 2.23. The van der Waals surface area contributed by atoms with E-state index in [1.165, 1.54) is 11.1 Å². The Bertz CT molecular complexity index is 546. The molecule has 108 valence electrons. The van der Waals surface area contributed by atoms with E-state index in [9.17, 15) is 5.11 Å². The molecule has 1 aromatic carbocycles. The first-order valence-electron chi connectivity index (χ1n) is 7.33. The monoisotopic (exact) mass is 271 g/mol. The van der Waals surface area contributed by atoms with Crippen LogP contribution < -0.4 is 0 Å². The molecule has 2 nitrogen and oxygen atoms in total. The van der Waals surface area contributed by atoms with Crippen LogP contribution in [0.3, 0.4) is 0 Å². The van der Waals surface area contributed by atoms with Crippen molar-refractivity contribution in [1.82, 2.24) is 4.57 Å². The average Bonchev–Trinajstić information content (AvgIpc) is 2.86. The quantitative estimate of drug-likeness (QED) is 0.882. The SMILES string of the molecule is CCC(O)c1ccn(Cc2ccc(C(C)(C)C)cc2)c1. The lowest BCUT2D eigenvalue weighted by Crippen LogP contribution is -2.10. The maximum atomic E-state index is 9.82. The van der Waals surface area contributed by atoms with Gasteiger partial charge < -0.3 is 9.67 Å². The van der Waals surface area contributed by atoms with E-state index >= 15 is 0 Å². The summed E-state index contributed by atoms with van der Waals surface area (Å²) in [6.07, 6.45) is 4.47. The van der Waals surface area contributed by atoms with E-state index in [1.807, 2.05) is 25.4 Å². The molecular formula is C18H25NO. The van der Waals surface area contributed by atoms with E-state index in [4.69, 9.17) is 0 Å². The van der Waals surface area contributed by atoms with Gasteiger partial charge in [0.1, 0.15) is 0 Å². The zero-order valence-corrected chi connectivity index (χ0v) is 12.9. The normalized spacial score (nSPS) is 13.4. The number of rotatable bonds is 4. The highest BCUT2D eigenvalue weighted by Gasteiger charge is 2.13. The zero-order valence-electron chi connectivity index (χ0n) is 12.9. The van der Waals surface area contributed by atoms with Crippen molar-refractivity contribution in [3.05, 3.63) is 59.4 Å². The van der Waals surface area contributed by atoms with Crippen LogP contribution in [0.4, 0.5) is 0 Å². The minimum atomic E-state index is -0.348. The molecule has 0 radical (unpaired) electrons. The molecule has 1 N–H and O–H groups in total. The summed E-state index contributed by atoms with van der Waals surface area (Å²) in [4.78, 5) is 0. The van der Waals surface area contributed by atoms with Crippen LogP contribution in [-0.4, -0.2) is 9.67 Å². The van der Waals surface area contributed by atoms with Crippen LogP contribution in [0.25, 0.3) is 0 Å². The number of hydrogen-bond donors (Lipinski definition) is 1. The summed E-state index contributed by atoms with van der Waals surface area (Å²) < 4.78 is 2.13. The Labute approximate surface area is 122 Å². The van der Waals surface area contributed by atoms with Crippen LogP contribution in [0, 0.1) is 0 Å². The molecule has 1 aromatic heterocycles. The summed E-state index contributed by atoms with van der Waals surface area (Å²) in [7, 11) is 0. The van der Waals surface area contributed by atoms with Crippen molar-refractivity contribution in [2.24, 2.45) is 0 Å². The molecular weight excluding hydrogens is 246 g/mol. The second kappa shape index (κ2) is 5.84. The topological polar surface area (TPSA) is 25.2 Å². The van der Waals surface area contributed by atoms with Gasteiger partial charge in [-0.3, -0.25) is 0 Å². The molecule has 2 heteroatoms. The molecule has 2 rings (SSSR count). The van der Waals surface area contributed by atoms with E-state index < -0.39 is 0 Å². The van der Waals surface area contributed by atoms with Gasteiger partial charge in [0.05, 0.1) is 6.10 Å². The number of nitrogens with zero attached hydrogens (tertiary/aromatic N) is 1. The van der Waals surface area contributed by atoms with Gasteiger partial charge in [-0.1, -0.05) is 52.0 Å². The maximum Gasteiger partial charge on any atom is 0.0802 e. The van der Waals surface area contributed by atoms with Gasteiger partial charge in [0, 0.05) is 18.9 Å². The maximum absolute atomic E-state index is 9.82. The smallest absolute Gasteiger partial charge is 0.0802 e. The molecule has 20 heavy (non-hydrogen) atoms. The predicted molar refractivity (Wildman–Crippen MR) is 83.9 cm³/mol. The first-order valence-corrected chi connectivity index (χ1v) is 7.33. The first kappa shape index (κ1) is 14.9. The largest absolute Gasteiger partial charge is 0.388 e. The Balaban J connectivity index is 2.08. The Hall–Kier alpha value is -1.54. The fourth-order valence-electron chi connectivity index (χ4n) is 2.31. The van der Waals surface area contributed by atoms with Crippen LogP contribution in [0.1, 0.15) is 56.9 Å². The number of aliphatic hydroxyl groups is 1. The number of aromatic nitrogens is 1. The van der Waals surface area contributed by atoms with Crippen molar-refractivity contribution in [1.29, 1.82) is 0 Å². The van der Waals surface area contributed by atoms with Gasteiger partial charge in [-0.2, -0.15) is 0 Å². The summed E-state index contributed by atoms with van der Waals surface area (Å²) in [6, 6.07) is 10.8. The van der Waals surface area contributed by atoms with Crippen LogP contribution in [0.2, 0.25) is 0 Å². The van der Waals surface area contributed by atoms with Gasteiger partial charge in [-0.15, -0.1) is 0 Å². The molecule has 0 amide bonds. The lowest BCUT2D eigenvalue weighted by Gasteiger charge is -2.19. The summed E-state index contributed by atoms with van der Waals surface area (Å²) >= 11 is 0. The zero-order chi connectivity index (χ0) is 14.8. The van der Waals surface area contributed by atoms with Gasteiger partial charge in [0.15, 0.2) is 0 Å². The average molecular weight is 271 g/mol. The lowest BCUT2D eigenvalue weighted by atomic mass is 9.87. The summed E-state index contributed by atoms with van der Waals surface area (Å²) in [5, 5.41) is 9.82. The molecule has 0 bridgehead atoms. The molecule has 2 aromatic rings. The number of aliphatic hydroxyl groups excluding tert-OH is 1. The minimum absolute atomic E-state index is 0.199. The highest BCUT2D eigenvalue weighted by atomic mass is 16.3. The molecule has 1 heterocycles. The Morgan fingerprint density at radius 3 is 2.30 bits per heavy atom. The van der Waals surface area contributed by atoms with Crippen molar-refractivity contribution in [3.8, 4) is 0 Å². The predicted octanol–water partition coefficient (Wildman–Crippen LogP) is 4.28. The van der Waals surface area contributed by atoms with Gasteiger partial charge in [0.25, 0.3) is 0 Å². The van der Waals surface area contributed by atoms with Crippen LogP contribution in [-0.2, 0) is 12.0 Å². The Kier molecular flexibility index (Phi) is 4.34. The van der Waals surface area contributed by atoms with E-state index in [2.05, 4.69) is 49.6 Å². The van der Waals surface area contributed by atoms with Crippen molar-refractivity contribution in [2.75, 3.05) is 0 Å². The van der Waals surface area contributed by atoms with Gasteiger partial charge in [-0.25, -0.2) is 0 Å². The van der Waals surface area contributed by atoms with Gasteiger partial charge in [0.2, 0.25) is 0 Å². The molecule has 0 aliphatic carbocycles. The Morgan fingerprint density at radius 2 is 1.75 bits per heavy atom. The standard InChI is InChI=1S/C18H25NO/c1-5-17(20)15-10-11-19(13-15)12-14-6-8-16(9-7-14)18(2,3)4/h6-11,13,17,20H,5,12H2,1-4H3. The molecule has 0 fully saturated rings. The van der Waals surface area contributed by atoms with Crippen molar-refractivity contribution >= 4 is 0 Å². The van der Waals surface area contributed by atoms with Crippen LogP contribution in [0.15, 0.2) is 42.7 Å². The number of hydrogen-bond acceptors (Lipinski definition) is 1.